The zero-order valence-electron chi connectivity index (χ0n) is 7.47. The predicted molar refractivity (Wildman–Crippen MR) is 52.5 cm³/mol. The average molecular weight is 177 g/mol. The van der Waals surface area contributed by atoms with Crippen molar-refractivity contribution < 1.29 is 4.74 Å². The van der Waals surface area contributed by atoms with Crippen LogP contribution >= 0.6 is 13.5 Å². The van der Waals surface area contributed by atoms with Crippen molar-refractivity contribution in [2.75, 3.05) is 26.7 Å². The summed E-state index contributed by atoms with van der Waals surface area (Å²) in [6, 6.07) is 0. The van der Waals surface area contributed by atoms with E-state index in [0.29, 0.717) is 6.10 Å². The summed E-state index contributed by atoms with van der Waals surface area (Å²) < 4.78 is 5.26. The second-order valence-corrected chi connectivity index (χ2v) is 2.87. The molecule has 0 saturated carbocycles. The first kappa shape index (κ1) is 11.3. The second kappa shape index (κ2) is 5.86. The summed E-state index contributed by atoms with van der Waals surface area (Å²) in [6.45, 7) is 5.84. The van der Waals surface area contributed by atoms with Crippen molar-refractivity contribution in [1.29, 1.82) is 0 Å². The van der Waals surface area contributed by atoms with Crippen LogP contribution in [-0.2, 0) is 4.74 Å². The van der Waals surface area contributed by atoms with Crippen molar-refractivity contribution >= 4 is 13.5 Å². The third-order valence-electron chi connectivity index (χ3n) is 2.32. The quantitative estimate of drug-likeness (QED) is 0.629. The molecule has 1 aliphatic heterocycles. The highest BCUT2D eigenvalue weighted by Gasteiger charge is 2.16. The zero-order valence-corrected chi connectivity index (χ0v) is 8.47. The van der Waals surface area contributed by atoms with Crippen molar-refractivity contribution in [3.05, 3.63) is 0 Å². The Morgan fingerprint density at radius 1 is 1.36 bits per heavy atom. The van der Waals surface area contributed by atoms with Crippen LogP contribution < -0.4 is 0 Å². The van der Waals surface area contributed by atoms with Gasteiger partial charge in [0.15, 0.2) is 0 Å². The zero-order chi connectivity index (χ0) is 7.40. The number of hydrogen-bond acceptors (Lipinski definition) is 2. The highest BCUT2D eigenvalue weighted by Crippen LogP contribution is 2.11. The predicted octanol–water partition coefficient (Wildman–Crippen LogP) is 1.23. The molecule has 0 amide bonds. The Morgan fingerprint density at radius 2 is 1.91 bits per heavy atom. The smallest absolute Gasteiger partial charge is 0.0595 e. The van der Waals surface area contributed by atoms with E-state index < -0.39 is 0 Å². The van der Waals surface area contributed by atoms with E-state index in [0.717, 1.165) is 0 Å². The summed E-state index contributed by atoms with van der Waals surface area (Å²) in [6.07, 6.45) is 2.96. The number of methoxy groups -OCH3 is 1. The van der Waals surface area contributed by atoms with Gasteiger partial charge < -0.3 is 9.64 Å². The van der Waals surface area contributed by atoms with Gasteiger partial charge in [-0.15, -0.1) is 0 Å². The van der Waals surface area contributed by atoms with E-state index in [4.69, 9.17) is 4.74 Å². The highest BCUT2D eigenvalue weighted by atomic mass is 32.1. The number of ether oxygens (including phenoxy) is 1. The fourth-order valence-corrected chi connectivity index (χ4v) is 1.46. The first-order valence-corrected chi connectivity index (χ1v) is 4.12. The Morgan fingerprint density at radius 3 is 2.27 bits per heavy atom. The van der Waals surface area contributed by atoms with Crippen LogP contribution in [0.4, 0.5) is 0 Å². The maximum Gasteiger partial charge on any atom is 0.0595 e. The fraction of sp³-hybridized carbons (Fsp3) is 1.00. The maximum atomic E-state index is 5.26. The second-order valence-electron chi connectivity index (χ2n) is 2.87. The molecule has 0 aliphatic carbocycles. The molecule has 11 heavy (non-hydrogen) atoms. The normalized spacial score (nSPS) is 21.3. The van der Waals surface area contributed by atoms with Crippen molar-refractivity contribution in [2.45, 2.75) is 25.9 Å². The van der Waals surface area contributed by atoms with Crippen LogP contribution in [0, 0.1) is 0 Å². The molecule has 1 fully saturated rings. The monoisotopic (exact) mass is 177 g/mol. The van der Waals surface area contributed by atoms with Gasteiger partial charge in [0.2, 0.25) is 0 Å². The molecule has 0 spiro atoms. The molecule has 0 bridgehead atoms. The molecule has 1 rings (SSSR count). The summed E-state index contributed by atoms with van der Waals surface area (Å²) in [5.74, 6) is 0. The lowest BCUT2D eigenvalue weighted by Gasteiger charge is -2.29. The van der Waals surface area contributed by atoms with Crippen molar-refractivity contribution in [3.63, 3.8) is 0 Å². The van der Waals surface area contributed by atoms with Gasteiger partial charge in [-0.05, 0) is 19.4 Å². The highest BCUT2D eigenvalue weighted by molar-refractivity contribution is 7.59. The van der Waals surface area contributed by atoms with Gasteiger partial charge in [-0.3, -0.25) is 0 Å². The van der Waals surface area contributed by atoms with Gasteiger partial charge in [-0.1, -0.05) is 6.92 Å². The summed E-state index contributed by atoms with van der Waals surface area (Å²) in [5.41, 5.74) is 0. The molecule has 0 aromatic heterocycles. The Balaban J connectivity index is 0.000001000. The number of likely N-dealkylation sites (tertiary alicyclic amines) is 1. The molecule has 1 heterocycles. The molecule has 0 radical (unpaired) electrons. The van der Waals surface area contributed by atoms with Gasteiger partial charge in [-0.2, -0.15) is 13.5 Å². The topological polar surface area (TPSA) is 12.5 Å². The molecule has 0 unspecified atom stereocenters. The van der Waals surface area contributed by atoms with Crippen molar-refractivity contribution in [2.24, 2.45) is 0 Å². The van der Waals surface area contributed by atoms with E-state index >= 15 is 0 Å². The molecule has 3 heteroatoms. The summed E-state index contributed by atoms with van der Waals surface area (Å²) >= 11 is 0. The van der Waals surface area contributed by atoms with Gasteiger partial charge in [0.25, 0.3) is 0 Å². The molecular formula is C8H19NOS. The van der Waals surface area contributed by atoms with Gasteiger partial charge >= 0.3 is 0 Å². The van der Waals surface area contributed by atoms with Crippen LogP contribution in [0.15, 0.2) is 0 Å². The largest absolute Gasteiger partial charge is 0.381 e. The van der Waals surface area contributed by atoms with E-state index in [-0.39, 0.29) is 13.5 Å². The molecular weight excluding hydrogens is 158 g/mol. The minimum absolute atomic E-state index is 0. The van der Waals surface area contributed by atoms with E-state index in [1.54, 1.807) is 0 Å². The summed E-state index contributed by atoms with van der Waals surface area (Å²) in [4.78, 5) is 2.47. The Bertz CT molecular complexity index is 80.1. The van der Waals surface area contributed by atoms with Crippen LogP contribution in [0.1, 0.15) is 19.8 Å². The lowest BCUT2D eigenvalue weighted by Crippen LogP contribution is -2.36. The number of piperidine rings is 1. The van der Waals surface area contributed by atoms with Crippen molar-refractivity contribution in [3.8, 4) is 0 Å². The van der Waals surface area contributed by atoms with Crippen LogP contribution in [0.5, 0.6) is 0 Å². The number of rotatable bonds is 2. The van der Waals surface area contributed by atoms with E-state index in [1.807, 2.05) is 7.11 Å². The number of hydrogen-bond donors (Lipinski definition) is 0. The maximum absolute atomic E-state index is 5.26. The SMILES string of the molecule is CCN1CCC(OC)CC1.S. The van der Waals surface area contributed by atoms with E-state index in [2.05, 4.69) is 11.8 Å². The number of nitrogens with zero attached hydrogens (tertiary/aromatic N) is 1. The van der Waals surface area contributed by atoms with Crippen LogP contribution in [0.3, 0.4) is 0 Å². The molecule has 2 nitrogen and oxygen atoms in total. The lowest BCUT2D eigenvalue weighted by molar-refractivity contribution is 0.0427. The van der Waals surface area contributed by atoms with Crippen LogP contribution in [0.25, 0.3) is 0 Å². The third kappa shape index (κ3) is 3.45. The Hall–Kier alpha value is 0.270. The van der Waals surface area contributed by atoms with E-state index in [1.165, 1.54) is 32.5 Å². The first-order valence-electron chi connectivity index (χ1n) is 4.12. The van der Waals surface area contributed by atoms with Gasteiger partial charge in [-0.25, -0.2) is 0 Å². The van der Waals surface area contributed by atoms with Gasteiger partial charge in [0.1, 0.15) is 0 Å². The average Bonchev–Trinajstić information content (AvgIpc) is 2.05. The molecule has 68 valence electrons. The van der Waals surface area contributed by atoms with Crippen LogP contribution in [-0.4, -0.2) is 37.7 Å². The molecule has 0 aromatic carbocycles. The van der Waals surface area contributed by atoms with Crippen LogP contribution in [0.2, 0.25) is 0 Å². The van der Waals surface area contributed by atoms with Gasteiger partial charge in [0.05, 0.1) is 6.10 Å². The standard InChI is InChI=1S/C8H17NO.H2S/c1-3-9-6-4-8(10-2)5-7-9;/h8H,3-7H2,1-2H3;1H2. The fourth-order valence-electron chi connectivity index (χ4n) is 1.46. The summed E-state index contributed by atoms with van der Waals surface area (Å²) in [7, 11) is 1.81. The van der Waals surface area contributed by atoms with Gasteiger partial charge in [0, 0.05) is 20.2 Å². The molecule has 0 aromatic rings. The molecule has 1 saturated heterocycles. The molecule has 1 aliphatic rings. The minimum atomic E-state index is 0. The molecule has 0 atom stereocenters. The Labute approximate surface area is 76.4 Å². The third-order valence-corrected chi connectivity index (χ3v) is 2.32. The first-order chi connectivity index (χ1) is 4.86. The lowest BCUT2D eigenvalue weighted by atomic mass is 10.1. The minimum Gasteiger partial charge on any atom is -0.381 e. The summed E-state index contributed by atoms with van der Waals surface area (Å²) in [5, 5.41) is 0. The van der Waals surface area contributed by atoms with Crippen molar-refractivity contribution in [1.82, 2.24) is 4.90 Å². The Kier molecular flexibility index (Phi) is 6.01. The van der Waals surface area contributed by atoms with E-state index in [9.17, 15) is 0 Å². The molecule has 0 N–H and O–H groups in total.